The van der Waals surface area contributed by atoms with Crippen molar-refractivity contribution in [1.29, 1.82) is 0 Å². The third-order valence-corrected chi connectivity index (χ3v) is 15.4. The molecular formula is C66H74N2O4. The minimum absolute atomic E-state index is 0.0771. The molecule has 0 radical (unpaired) electrons. The standard InChI is InChI=1S/C66H74N2O4/c1-51-27-37-60-61-38-36-59(44-63(61)66(62(60)43-51,39-17-4-6-19-41-69-45-64(2)47-71-48-64)40-18-5-7-20-42-70-46-65(3)49-72-50-65)68(56-25-15-10-16-26-56)58-34-30-53(31-35-58)52-28-32-57(33-29-52)67(54-21-11-8-12-22-54)55-23-13-9-14-24-55/h8-16,21-38,43-44H,4-7,17-20,39-42,45-50H2,1-3H3. The van der Waals surface area contributed by atoms with Crippen molar-refractivity contribution in [2.75, 3.05) is 62.7 Å². The third-order valence-electron chi connectivity index (χ3n) is 15.4. The van der Waals surface area contributed by atoms with E-state index in [0.29, 0.717) is 0 Å². The monoisotopic (exact) mass is 959 g/mol. The molecule has 0 amide bonds. The number of hydrogen-bond donors (Lipinski definition) is 0. The highest BCUT2D eigenvalue weighted by Crippen LogP contribution is 2.56. The first-order valence-corrected chi connectivity index (χ1v) is 26.8. The zero-order valence-electron chi connectivity index (χ0n) is 43.0. The lowest BCUT2D eigenvalue weighted by atomic mass is 9.70. The molecule has 0 unspecified atom stereocenters. The highest BCUT2D eigenvalue weighted by Gasteiger charge is 2.43. The van der Waals surface area contributed by atoms with Crippen LogP contribution >= 0.6 is 0 Å². The van der Waals surface area contributed by atoms with E-state index in [0.717, 1.165) is 107 Å². The van der Waals surface area contributed by atoms with E-state index in [1.807, 2.05) is 0 Å². The molecule has 2 aliphatic heterocycles. The highest BCUT2D eigenvalue weighted by molar-refractivity contribution is 5.87. The summed E-state index contributed by atoms with van der Waals surface area (Å²) in [6, 6.07) is 64.8. The number of anilines is 6. The Labute approximate surface area is 429 Å². The maximum Gasteiger partial charge on any atom is 0.0564 e. The predicted molar refractivity (Wildman–Crippen MR) is 298 cm³/mol. The van der Waals surface area contributed by atoms with Crippen LogP contribution in [-0.4, -0.2) is 52.9 Å². The van der Waals surface area contributed by atoms with Crippen molar-refractivity contribution in [2.45, 2.75) is 90.4 Å². The summed E-state index contributed by atoms with van der Waals surface area (Å²) in [4.78, 5) is 4.77. The second kappa shape index (κ2) is 22.8. The van der Waals surface area contributed by atoms with Gasteiger partial charge in [-0.05, 0) is 139 Å². The van der Waals surface area contributed by atoms with Crippen molar-refractivity contribution in [3.63, 3.8) is 0 Å². The third kappa shape index (κ3) is 11.3. The van der Waals surface area contributed by atoms with Crippen LogP contribution in [0.4, 0.5) is 34.1 Å². The van der Waals surface area contributed by atoms with E-state index in [4.69, 9.17) is 18.9 Å². The van der Waals surface area contributed by atoms with Gasteiger partial charge in [0.25, 0.3) is 0 Å². The Morgan fingerprint density at radius 2 is 0.778 bits per heavy atom. The average molecular weight is 959 g/mol. The maximum atomic E-state index is 6.15. The molecule has 10 rings (SSSR count). The summed E-state index contributed by atoms with van der Waals surface area (Å²) in [6.45, 7) is 13.3. The average Bonchev–Trinajstić information content (AvgIpc) is 3.65. The second-order valence-electron chi connectivity index (χ2n) is 21.7. The van der Waals surface area contributed by atoms with Gasteiger partial charge in [-0.3, -0.25) is 0 Å². The largest absolute Gasteiger partial charge is 0.381 e. The minimum atomic E-state index is -0.0771. The molecule has 6 nitrogen and oxygen atoms in total. The van der Waals surface area contributed by atoms with E-state index in [2.05, 4.69) is 206 Å². The van der Waals surface area contributed by atoms with Crippen LogP contribution in [0.15, 0.2) is 176 Å². The fourth-order valence-corrected chi connectivity index (χ4v) is 11.3. The number of aryl methyl sites for hydroxylation is 1. The van der Waals surface area contributed by atoms with Crippen molar-refractivity contribution >= 4 is 34.1 Å². The lowest BCUT2D eigenvalue weighted by molar-refractivity contribution is -0.137. The minimum Gasteiger partial charge on any atom is -0.381 e. The molecule has 3 aliphatic rings. The van der Waals surface area contributed by atoms with Gasteiger partial charge in [0.2, 0.25) is 0 Å². The maximum absolute atomic E-state index is 6.15. The summed E-state index contributed by atoms with van der Waals surface area (Å²) in [6.07, 6.45) is 11.6. The van der Waals surface area contributed by atoms with Gasteiger partial charge in [-0.2, -0.15) is 0 Å². The first kappa shape index (κ1) is 49.6. The van der Waals surface area contributed by atoms with Gasteiger partial charge in [0, 0.05) is 63.6 Å². The van der Waals surface area contributed by atoms with Gasteiger partial charge in [-0.25, -0.2) is 0 Å². The van der Waals surface area contributed by atoms with Gasteiger partial charge in [0.05, 0.1) is 39.6 Å². The van der Waals surface area contributed by atoms with Gasteiger partial charge >= 0.3 is 0 Å². The molecule has 0 atom stereocenters. The lowest BCUT2D eigenvalue weighted by Crippen LogP contribution is -2.43. The molecule has 372 valence electrons. The summed E-state index contributed by atoms with van der Waals surface area (Å²) in [7, 11) is 0. The number of fused-ring (bicyclic) bond motifs is 3. The first-order valence-electron chi connectivity index (χ1n) is 26.8. The van der Waals surface area contributed by atoms with Crippen molar-refractivity contribution in [1.82, 2.24) is 0 Å². The van der Waals surface area contributed by atoms with Crippen LogP contribution in [0.25, 0.3) is 22.3 Å². The van der Waals surface area contributed by atoms with E-state index < -0.39 is 0 Å². The molecule has 0 aromatic heterocycles. The molecule has 0 saturated carbocycles. The van der Waals surface area contributed by atoms with E-state index in [-0.39, 0.29) is 16.2 Å². The van der Waals surface area contributed by atoms with Crippen LogP contribution < -0.4 is 9.80 Å². The zero-order valence-corrected chi connectivity index (χ0v) is 43.0. The van der Waals surface area contributed by atoms with E-state index in [1.54, 1.807) is 0 Å². The Morgan fingerprint density at radius 3 is 1.21 bits per heavy atom. The molecule has 0 spiro atoms. The lowest BCUT2D eigenvalue weighted by Gasteiger charge is -2.37. The molecule has 7 aromatic rings. The molecule has 0 bridgehead atoms. The number of hydrogen-bond acceptors (Lipinski definition) is 6. The Hall–Kier alpha value is -6.02. The fraction of sp³-hybridized carbons (Fsp3) is 0.364. The molecule has 2 saturated heterocycles. The van der Waals surface area contributed by atoms with Crippen LogP contribution in [0, 0.1) is 17.8 Å². The van der Waals surface area contributed by atoms with E-state index in [9.17, 15) is 0 Å². The second-order valence-corrected chi connectivity index (χ2v) is 21.7. The number of ether oxygens (including phenoxy) is 4. The molecule has 2 heterocycles. The smallest absolute Gasteiger partial charge is 0.0564 e. The summed E-state index contributed by atoms with van der Waals surface area (Å²) in [5.41, 5.74) is 16.7. The molecule has 0 N–H and O–H groups in total. The molecule has 7 aromatic carbocycles. The Bertz CT molecular complexity index is 2730. The first-order chi connectivity index (χ1) is 35.3. The fourth-order valence-electron chi connectivity index (χ4n) is 11.3. The van der Waals surface area contributed by atoms with Gasteiger partial charge in [-0.1, -0.05) is 161 Å². The molecule has 1 aliphatic carbocycles. The highest BCUT2D eigenvalue weighted by atomic mass is 16.5. The van der Waals surface area contributed by atoms with Crippen LogP contribution in [0.3, 0.4) is 0 Å². The zero-order chi connectivity index (χ0) is 49.2. The van der Waals surface area contributed by atoms with Gasteiger partial charge in [0.15, 0.2) is 0 Å². The van der Waals surface area contributed by atoms with Crippen molar-refractivity contribution in [3.8, 4) is 22.3 Å². The van der Waals surface area contributed by atoms with E-state index >= 15 is 0 Å². The quantitative estimate of drug-likeness (QED) is 0.0532. The number of unbranched alkanes of at least 4 members (excludes halogenated alkanes) is 6. The Morgan fingerprint density at radius 1 is 0.403 bits per heavy atom. The van der Waals surface area contributed by atoms with Gasteiger partial charge in [0.1, 0.15) is 0 Å². The Kier molecular flexibility index (Phi) is 15.7. The van der Waals surface area contributed by atoms with Crippen molar-refractivity contribution in [2.24, 2.45) is 10.8 Å². The van der Waals surface area contributed by atoms with Gasteiger partial charge in [-0.15, -0.1) is 0 Å². The summed E-state index contributed by atoms with van der Waals surface area (Å²) < 4.78 is 23.2. The SMILES string of the molecule is Cc1ccc2c(c1)C(CCCCCCOCC1(C)COC1)(CCCCCCOCC1(C)COC1)c1cc(N(c3ccccc3)c3ccc(-c4ccc(N(c5ccccc5)c5ccccc5)cc4)cc3)ccc1-2. The van der Waals surface area contributed by atoms with Crippen molar-refractivity contribution in [3.05, 3.63) is 193 Å². The van der Waals surface area contributed by atoms with E-state index in [1.165, 1.54) is 83.2 Å². The summed E-state index contributed by atoms with van der Waals surface area (Å²) in [5.74, 6) is 0. The molecule has 2 fully saturated rings. The van der Waals surface area contributed by atoms with Gasteiger partial charge < -0.3 is 28.7 Å². The number of benzene rings is 7. The Balaban J connectivity index is 0.912. The van der Waals surface area contributed by atoms with Crippen molar-refractivity contribution < 1.29 is 18.9 Å². The topological polar surface area (TPSA) is 43.4 Å². The number of rotatable bonds is 25. The summed E-state index contributed by atoms with van der Waals surface area (Å²) >= 11 is 0. The van der Waals surface area contributed by atoms with Crippen LogP contribution in [0.2, 0.25) is 0 Å². The molecule has 72 heavy (non-hydrogen) atoms. The van der Waals surface area contributed by atoms with Crippen LogP contribution in [0.5, 0.6) is 0 Å². The normalized spacial score (nSPS) is 15.8. The number of nitrogens with zero attached hydrogens (tertiary/aromatic N) is 2. The molecule has 6 heteroatoms. The summed E-state index contributed by atoms with van der Waals surface area (Å²) in [5, 5.41) is 0. The van der Waals surface area contributed by atoms with Crippen LogP contribution in [0.1, 0.15) is 94.7 Å². The number of para-hydroxylation sites is 3. The molecular weight excluding hydrogens is 885 g/mol. The predicted octanol–water partition coefficient (Wildman–Crippen LogP) is 16.9. The van der Waals surface area contributed by atoms with Crippen LogP contribution in [-0.2, 0) is 24.4 Å².